The van der Waals surface area contributed by atoms with Gasteiger partial charge in [-0.1, -0.05) is 63.5 Å². The first-order valence-corrected chi connectivity index (χ1v) is 27.2. The molecule has 1 aromatic carbocycles. The van der Waals surface area contributed by atoms with Crippen LogP contribution in [0, 0.1) is 0 Å². The van der Waals surface area contributed by atoms with Gasteiger partial charge in [-0.2, -0.15) is 0 Å². The lowest BCUT2D eigenvalue weighted by Gasteiger charge is -2.18. The predicted octanol–water partition coefficient (Wildman–Crippen LogP) is 8.54. The Balaban J connectivity index is 3.57. The van der Waals surface area contributed by atoms with E-state index in [2.05, 4.69) is 0 Å². The zero-order chi connectivity index (χ0) is 37.5. The number of alkyl halides is 4. The summed E-state index contributed by atoms with van der Waals surface area (Å²) < 4.78 is 107. The van der Waals surface area contributed by atoms with Gasteiger partial charge in [0.15, 0.2) is 39.3 Å². The number of rotatable bonds is 32. The molecule has 0 fully saturated rings. The Morgan fingerprint density at radius 3 is 0.660 bits per heavy atom. The van der Waals surface area contributed by atoms with Crippen molar-refractivity contribution < 1.29 is 33.7 Å². The Morgan fingerprint density at radius 2 is 0.480 bits per heavy atom. The average molecular weight is 865 g/mol. The molecular weight excluding hydrogens is 806 g/mol. The highest BCUT2D eigenvalue weighted by molar-refractivity contribution is 7.91. The van der Waals surface area contributed by atoms with E-state index in [0.29, 0.717) is 74.9 Å². The molecular formula is C34H58Cl4O8S4. The molecule has 0 aliphatic carbocycles. The summed E-state index contributed by atoms with van der Waals surface area (Å²) in [6.07, 6.45) is 10.6. The molecule has 8 nitrogen and oxygen atoms in total. The Labute approximate surface area is 323 Å². The normalized spacial score (nSPS) is 12.9. The van der Waals surface area contributed by atoms with E-state index in [-0.39, 0.29) is 45.3 Å². The molecule has 0 saturated carbocycles. The predicted molar refractivity (Wildman–Crippen MR) is 213 cm³/mol. The molecule has 0 aliphatic heterocycles. The third-order valence-electron chi connectivity index (χ3n) is 8.38. The summed E-state index contributed by atoms with van der Waals surface area (Å²) in [7, 11) is -14.8. The number of sulfone groups is 4. The summed E-state index contributed by atoms with van der Waals surface area (Å²) in [5.41, 5.74) is 0.800. The van der Waals surface area contributed by atoms with Crippen LogP contribution >= 0.6 is 46.4 Å². The highest BCUT2D eigenvalue weighted by atomic mass is 35.5. The standard InChI is InChI=1S/C34H58Cl4O8S4/c35-17-9-1-5-13-21-47(39,40)27-31-25-33(29-49(43,44)23-15-7-3-11-19-37)34(30-50(45,46)24-16-8-4-12-20-38)26-32(31)28-48(41,42)22-14-6-2-10-18-36/h25-26H,1-24,27-30H2. The molecule has 0 saturated heterocycles. The minimum absolute atomic E-state index is 0.113. The maximum absolute atomic E-state index is 13.3. The SMILES string of the molecule is O=S(=O)(CCCCCCCl)Cc1cc(CS(=O)(=O)CCCCCCCl)c(CS(=O)(=O)CCCCCCCl)cc1CS(=O)(=O)CCCCCCCl. The van der Waals surface area contributed by atoms with Crippen molar-refractivity contribution in [2.75, 3.05) is 46.5 Å². The Bertz CT molecular complexity index is 1310. The van der Waals surface area contributed by atoms with Gasteiger partial charge in [0.2, 0.25) is 0 Å². The molecule has 1 rings (SSSR count). The number of hydrogen-bond acceptors (Lipinski definition) is 8. The van der Waals surface area contributed by atoms with Crippen LogP contribution < -0.4 is 0 Å². The zero-order valence-corrected chi connectivity index (χ0v) is 35.7. The van der Waals surface area contributed by atoms with Gasteiger partial charge in [-0.3, -0.25) is 0 Å². The summed E-state index contributed by atoms with van der Waals surface area (Å²) >= 11 is 23.0. The monoisotopic (exact) mass is 862 g/mol. The van der Waals surface area contributed by atoms with Gasteiger partial charge in [0, 0.05) is 23.5 Å². The van der Waals surface area contributed by atoms with Gasteiger partial charge < -0.3 is 0 Å². The summed E-state index contributed by atoms with van der Waals surface area (Å²) in [6, 6.07) is 2.87. The van der Waals surface area contributed by atoms with Crippen molar-refractivity contribution in [3.8, 4) is 0 Å². The summed E-state index contributed by atoms with van der Waals surface area (Å²) in [4.78, 5) is 0. The second-order valence-electron chi connectivity index (χ2n) is 13.2. The second kappa shape index (κ2) is 26.1. The minimum atomic E-state index is -3.71. The van der Waals surface area contributed by atoms with E-state index < -0.39 is 62.4 Å². The van der Waals surface area contributed by atoms with E-state index in [4.69, 9.17) is 46.4 Å². The van der Waals surface area contributed by atoms with E-state index in [9.17, 15) is 33.7 Å². The molecule has 50 heavy (non-hydrogen) atoms. The van der Waals surface area contributed by atoms with Crippen LogP contribution in [-0.4, -0.2) is 80.2 Å². The summed E-state index contributed by atoms with van der Waals surface area (Å²) in [5, 5.41) is 0. The molecule has 0 spiro atoms. The van der Waals surface area contributed by atoms with E-state index in [1.54, 1.807) is 0 Å². The Hall–Kier alpha value is 0.180. The molecule has 0 unspecified atom stereocenters. The molecule has 0 N–H and O–H groups in total. The van der Waals surface area contributed by atoms with Gasteiger partial charge in [-0.15, -0.1) is 46.4 Å². The first-order chi connectivity index (χ1) is 23.6. The van der Waals surface area contributed by atoms with Gasteiger partial charge in [0.25, 0.3) is 0 Å². The Kier molecular flexibility index (Phi) is 25.1. The lowest BCUT2D eigenvalue weighted by atomic mass is 10.0. The van der Waals surface area contributed by atoms with Crippen LogP contribution in [0.1, 0.15) is 125 Å². The molecule has 0 aromatic heterocycles. The van der Waals surface area contributed by atoms with Crippen molar-refractivity contribution in [3.05, 3.63) is 34.4 Å². The smallest absolute Gasteiger partial charge is 0.154 e. The van der Waals surface area contributed by atoms with Crippen molar-refractivity contribution in [3.63, 3.8) is 0 Å². The Morgan fingerprint density at radius 1 is 0.300 bits per heavy atom. The molecule has 0 aliphatic rings. The fraction of sp³-hybridized carbons (Fsp3) is 0.824. The maximum Gasteiger partial charge on any atom is 0.154 e. The first-order valence-electron chi connectivity index (χ1n) is 17.8. The minimum Gasteiger partial charge on any atom is -0.228 e. The first kappa shape index (κ1) is 48.2. The maximum atomic E-state index is 13.3. The number of benzene rings is 1. The lowest BCUT2D eigenvalue weighted by molar-refractivity contribution is 0.583. The molecule has 1 aromatic rings. The number of unbranched alkanes of at least 4 members (excludes halogenated alkanes) is 12. The number of hydrogen-bond donors (Lipinski definition) is 0. The van der Waals surface area contributed by atoms with Crippen LogP contribution in [-0.2, 0) is 62.4 Å². The van der Waals surface area contributed by atoms with E-state index in [1.807, 2.05) is 0 Å². The topological polar surface area (TPSA) is 137 Å². The van der Waals surface area contributed by atoms with Gasteiger partial charge in [0.05, 0.1) is 46.0 Å². The molecule has 0 bridgehead atoms. The van der Waals surface area contributed by atoms with E-state index in [0.717, 1.165) is 51.4 Å². The fourth-order valence-electron chi connectivity index (χ4n) is 5.65. The molecule has 16 heteroatoms. The van der Waals surface area contributed by atoms with Gasteiger partial charge in [-0.25, -0.2) is 33.7 Å². The molecule has 294 valence electrons. The molecule has 0 heterocycles. The highest BCUT2D eigenvalue weighted by Crippen LogP contribution is 2.27. The van der Waals surface area contributed by atoms with Crippen LogP contribution in [0.3, 0.4) is 0 Å². The second-order valence-corrected chi connectivity index (χ2v) is 23.4. The van der Waals surface area contributed by atoms with Crippen LogP contribution in [0.25, 0.3) is 0 Å². The van der Waals surface area contributed by atoms with E-state index in [1.165, 1.54) is 12.1 Å². The highest BCUT2D eigenvalue weighted by Gasteiger charge is 2.25. The van der Waals surface area contributed by atoms with Crippen molar-refractivity contribution in [1.29, 1.82) is 0 Å². The molecule has 0 amide bonds. The van der Waals surface area contributed by atoms with Crippen molar-refractivity contribution in [1.82, 2.24) is 0 Å². The summed E-state index contributed by atoms with van der Waals surface area (Å²) in [6.45, 7) is 0. The number of halogens is 4. The third-order valence-corrected chi connectivity index (χ3v) is 16.1. The van der Waals surface area contributed by atoms with Gasteiger partial charge >= 0.3 is 0 Å². The van der Waals surface area contributed by atoms with Gasteiger partial charge in [0.1, 0.15) is 0 Å². The quantitative estimate of drug-likeness (QED) is 0.0520. The van der Waals surface area contributed by atoms with Crippen molar-refractivity contribution >= 4 is 85.8 Å². The summed E-state index contributed by atoms with van der Waals surface area (Å²) in [5.74, 6) is -0.363. The van der Waals surface area contributed by atoms with Crippen LogP contribution in [0.4, 0.5) is 0 Å². The largest absolute Gasteiger partial charge is 0.228 e. The molecule has 0 atom stereocenters. The van der Waals surface area contributed by atoms with Crippen molar-refractivity contribution in [2.24, 2.45) is 0 Å². The van der Waals surface area contributed by atoms with Crippen LogP contribution in [0.5, 0.6) is 0 Å². The van der Waals surface area contributed by atoms with Crippen LogP contribution in [0.2, 0.25) is 0 Å². The average Bonchev–Trinajstić information content (AvgIpc) is 3.02. The van der Waals surface area contributed by atoms with Crippen LogP contribution in [0.15, 0.2) is 12.1 Å². The zero-order valence-electron chi connectivity index (χ0n) is 29.4. The molecule has 0 radical (unpaired) electrons. The van der Waals surface area contributed by atoms with Crippen molar-refractivity contribution in [2.45, 2.75) is 126 Å². The fourth-order valence-corrected chi connectivity index (χ4v) is 12.5. The lowest BCUT2D eigenvalue weighted by Crippen LogP contribution is -2.18. The van der Waals surface area contributed by atoms with Gasteiger partial charge in [-0.05, 0) is 73.6 Å². The third kappa shape index (κ3) is 23.1. The van der Waals surface area contributed by atoms with E-state index >= 15 is 0 Å².